The number of aromatic amines is 1. The zero-order chi connectivity index (χ0) is 14.6. The average molecular weight is 267 g/mol. The molecule has 0 radical (unpaired) electrons. The van der Waals surface area contributed by atoms with Crippen LogP contribution >= 0.6 is 0 Å². The van der Waals surface area contributed by atoms with Crippen LogP contribution in [0.15, 0.2) is 0 Å². The molecule has 0 aliphatic heterocycles. The molecule has 1 heterocycles. The number of aryl methyl sites for hydroxylation is 1. The summed E-state index contributed by atoms with van der Waals surface area (Å²) in [5, 5.41) is 9.68. The first kappa shape index (κ1) is 15.5. The maximum atomic E-state index is 12.2. The summed E-state index contributed by atoms with van der Waals surface area (Å²) >= 11 is 0. The SMILES string of the molecule is Cc1[nH]nc(C(=O)NC(CC(C)C)CN(C)C)c1N. The van der Waals surface area contributed by atoms with Crippen LogP contribution in [0.5, 0.6) is 0 Å². The van der Waals surface area contributed by atoms with Crippen molar-refractivity contribution in [2.45, 2.75) is 33.2 Å². The van der Waals surface area contributed by atoms with Crippen molar-refractivity contribution in [3.8, 4) is 0 Å². The van der Waals surface area contributed by atoms with E-state index in [9.17, 15) is 4.79 Å². The van der Waals surface area contributed by atoms with Crippen molar-refractivity contribution in [1.29, 1.82) is 0 Å². The van der Waals surface area contributed by atoms with E-state index in [0.717, 1.165) is 18.7 Å². The summed E-state index contributed by atoms with van der Waals surface area (Å²) < 4.78 is 0. The lowest BCUT2D eigenvalue weighted by Gasteiger charge is -2.23. The third kappa shape index (κ3) is 4.55. The highest BCUT2D eigenvalue weighted by Gasteiger charge is 2.20. The Hall–Kier alpha value is -1.56. The van der Waals surface area contributed by atoms with Crippen LogP contribution in [-0.4, -0.2) is 47.7 Å². The maximum Gasteiger partial charge on any atom is 0.274 e. The zero-order valence-corrected chi connectivity index (χ0v) is 12.4. The standard InChI is InChI=1S/C13H25N5O/c1-8(2)6-10(7-18(4)5)15-13(19)12-11(14)9(3)16-17-12/h8,10H,6-7,14H2,1-5H3,(H,15,19)(H,16,17). The molecule has 0 aromatic carbocycles. The van der Waals surface area contributed by atoms with Gasteiger partial charge in [0.2, 0.25) is 0 Å². The number of nitrogens with zero attached hydrogens (tertiary/aromatic N) is 2. The van der Waals surface area contributed by atoms with Gasteiger partial charge in [0.05, 0.1) is 11.4 Å². The maximum absolute atomic E-state index is 12.2. The molecule has 1 aromatic rings. The molecule has 108 valence electrons. The Morgan fingerprint density at radius 2 is 2.11 bits per heavy atom. The summed E-state index contributed by atoms with van der Waals surface area (Å²) in [5.74, 6) is 0.304. The molecule has 19 heavy (non-hydrogen) atoms. The summed E-state index contributed by atoms with van der Waals surface area (Å²) in [6.45, 7) is 6.88. The van der Waals surface area contributed by atoms with Gasteiger partial charge < -0.3 is 16.0 Å². The Morgan fingerprint density at radius 1 is 1.47 bits per heavy atom. The zero-order valence-electron chi connectivity index (χ0n) is 12.4. The van der Waals surface area contributed by atoms with E-state index in [2.05, 4.69) is 34.3 Å². The molecule has 0 aliphatic carbocycles. The summed E-state index contributed by atoms with van der Waals surface area (Å²) in [7, 11) is 3.99. The van der Waals surface area contributed by atoms with Gasteiger partial charge in [-0.05, 0) is 33.4 Å². The fourth-order valence-electron chi connectivity index (χ4n) is 2.05. The van der Waals surface area contributed by atoms with Crippen LogP contribution < -0.4 is 11.1 Å². The van der Waals surface area contributed by atoms with Gasteiger partial charge in [0.1, 0.15) is 0 Å². The van der Waals surface area contributed by atoms with Crippen LogP contribution in [0.1, 0.15) is 36.5 Å². The Labute approximate surface area is 114 Å². The minimum absolute atomic E-state index is 0.0962. The van der Waals surface area contributed by atoms with E-state index in [1.807, 2.05) is 14.1 Å². The summed E-state index contributed by atoms with van der Waals surface area (Å²) in [6.07, 6.45) is 0.924. The highest BCUT2D eigenvalue weighted by Crippen LogP contribution is 2.13. The van der Waals surface area contributed by atoms with E-state index >= 15 is 0 Å². The monoisotopic (exact) mass is 267 g/mol. The summed E-state index contributed by atoms with van der Waals surface area (Å²) in [5.41, 5.74) is 7.24. The van der Waals surface area contributed by atoms with E-state index in [-0.39, 0.29) is 17.6 Å². The van der Waals surface area contributed by atoms with Gasteiger partial charge in [-0.25, -0.2) is 0 Å². The van der Waals surface area contributed by atoms with Crippen LogP contribution in [0, 0.1) is 12.8 Å². The fourth-order valence-corrected chi connectivity index (χ4v) is 2.05. The van der Waals surface area contributed by atoms with E-state index in [1.165, 1.54) is 0 Å². The van der Waals surface area contributed by atoms with E-state index in [0.29, 0.717) is 11.6 Å². The van der Waals surface area contributed by atoms with E-state index in [4.69, 9.17) is 5.73 Å². The Balaban J connectivity index is 2.72. The molecule has 0 bridgehead atoms. The molecule has 1 atom stereocenters. The number of nitrogen functional groups attached to an aromatic ring is 1. The van der Waals surface area contributed by atoms with Crippen molar-refractivity contribution >= 4 is 11.6 Å². The van der Waals surface area contributed by atoms with Crippen molar-refractivity contribution in [3.05, 3.63) is 11.4 Å². The number of hydrogen-bond donors (Lipinski definition) is 3. The molecule has 6 nitrogen and oxygen atoms in total. The Morgan fingerprint density at radius 3 is 2.53 bits per heavy atom. The van der Waals surface area contributed by atoms with Crippen molar-refractivity contribution in [2.24, 2.45) is 5.92 Å². The normalized spacial score (nSPS) is 13.0. The van der Waals surface area contributed by atoms with Gasteiger partial charge in [-0.1, -0.05) is 13.8 Å². The van der Waals surface area contributed by atoms with E-state index < -0.39 is 0 Å². The number of rotatable bonds is 6. The number of nitrogens with two attached hydrogens (primary N) is 1. The highest BCUT2D eigenvalue weighted by molar-refractivity contribution is 5.97. The van der Waals surface area contributed by atoms with Gasteiger partial charge in [-0.2, -0.15) is 5.10 Å². The number of aromatic nitrogens is 2. The number of hydrogen-bond acceptors (Lipinski definition) is 4. The molecule has 0 aliphatic rings. The lowest BCUT2D eigenvalue weighted by molar-refractivity contribution is 0.0920. The Kier molecular flexibility index (Phi) is 5.35. The number of carbonyl (C=O) groups is 1. The molecular formula is C13H25N5O. The van der Waals surface area contributed by atoms with Crippen molar-refractivity contribution in [1.82, 2.24) is 20.4 Å². The molecule has 0 spiro atoms. The molecule has 1 rings (SSSR count). The van der Waals surface area contributed by atoms with E-state index in [1.54, 1.807) is 6.92 Å². The van der Waals surface area contributed by atoms with Crippen LogP contribution in [-0.2, 0) is 0 Å². The minimum Gasteiger partial charge on any atom is -0.395 e. The molecule has 0 saturated carbocycles. The summed E-state index contributed by atoms with van der Waals surface area (Å²) in [4.78, 5) is 14.2. The highest BCUT2D eigenvalue weighted by atomic mass is 16.2. The van der Waals surface area contributed by atoms with Gasteiger partial charge in [-0.15, -0.1) is 0 Å². The molecule has 1 amide bonds. The lowest BCUT2D eigenvalue weighted by Crippen LogP contribution is -2.42. The molecule has 6 heteroatoms. The smallest absolute Gasteiger partial charge is 0.274 e. The molecule has 0 saturated heterocycles. The van der Waals surface area contributed by atoms with Gasteiger partial charge in [-0.3, -0.25) is 9.89 Å². The van der Waals surface area contributed by atoms with Gasteiger partial charge in [0, 0.05) is 12.6 Å². The minimum atomic E-state index is -0.214. The predicted octanol–water partition coefficient (Wildman–Crippen LogP) is 1.01. The largest absolute Gasteiger partial charge is 0.395 e. The second-order valence-electron chi connectivity index (χ2n) is 5.67. The van der Waals surface area contributed by atoms with Crippen molar-refractivity contribution in [2.75, 3.05) is 26.4 Å². The lowest BCUT2D eigenvalue weighted by atomic mass is 10.0. The van der Waals surface area contributed by atoms with Gasteiger partial charge in [0.25, 0.3) is 5.91 Å². The van der Waals surface area contributed by atoms with Crippen molar-refractivity contribution in [3.63, 3.8) is 0 Å². The number of anilines is 1. The number of amides is 1. The molecular weight excluding hydrogens is 242 g/mol. The molecule has 1 unspecified atom stereocenters. The van der Waals surface area contributed by atoms with Gasteiger partial charge >= 0.3 is 0 Å². The average Bonchev–Trinajstić information content (AvgIpc) is 2.57. The number of likely N-dealkylation sites (N-methyl/N-ethyl adjacent to an activating group) is 1. The number of H-pyrrole nitrogens is 1. The fraction of sp³-hybridized carbons (Fsp3) is 0.692. The third-order valence-electron chi connectivity index (χ3n) is 2.89. The van der Waals surface area contributed by atoms with Crippen LogP contribution in [0.4, 0.5) is 5.69 Å². The van der Waals surface area contributed by atoms with Crippen LogP contribution in [0.2, 0.25) is 0 Å². The Bertz CT molecular complexity index is 415. The molecule has 1 aromatic heterocycles. The molecule has 4 N–H and O–H groups in total. The van der Waals surface area contributed by atoms with Crippen molar-refractivity contribution < 1.29 is 4.79 Å². The first-order chi connectivity index (χ1) is 8.81. The first-order valence-electron chi connectivity index (χ1n) is 6.57. The topological polar surface area (TPSA) is 87.0 Å². The summed E-state index contributed by atoms with van der Waals surface area (Å²) in [6, 6.07) is 0.0962. The third-order valence-corrected chi connectivity index (χ3v) is 2.89. The second kappa shape index (κ2) is 6.56. The first-order valence-corrected chi connectivity index (χ1v) is 6.57. The second-order valence-corrected chi connectivity index (χ2v) is 5.67. The molecule has 0 fully saturated rings. The van der Waals surface area contributed by atoms with Crippen LogP contribution in [0.3, 0.4) is 0 Å². The number of nitrogens with one attached hydrogen (secondary N) is 2. The van der Waals surface area contributed by atoms with Gasteiger partial charge in [0.15, 0.2) is 5.69 Å². The number of carbonyl (C=O) groups excluding carboxylic acids is 1. The van der Waals surface area contributed by atoms with Crippen LogP contribution in [0.25, 0.3) is 0 Å². The quantitative estimate of drug-likeness (QED) is 0.718. The predicted molar refractivity (Wildman–Crippen MR) is 77.0 cm³/mol.